The molecule has 0 saturated carbocycles. The van der Waals surface area contributed by atoms with Crippen LogP contribution in [0.4, 0.5) is 10.2 Å². The van der Waals surface area contributed by atoms with Crippen LogP contribution in [0.5, 0.6) is 0 Å². The first kappa shape index (κ1) is 21.6. The fraction of sp³-hybridized carbons (Fsp3) is 0.476. The van der Waals surface area contributed by atoms with Crippen molar-refractivity contribution >= 4 is 21.7 Å². The van der Waals surface area contributed by atoms with Gasteiger partial charge in [-0.05, 0) is 37.1 Å². The zero-order valence-electron chi connectivity index (χ0n) is 17.6. The molecule has 1 amide bonds. The van der Waals surface area contributed by atoms with Gasteiger partial charge in [-0.1, -0.05) is 0 Å². The number of sulfonamides is 1. The van der Waals surface area contributed by atoms with Gasteiger partial charge in [0, 0.05) is 51.5 Å². The highest BCUT2D eigenvalue weighted by Gasteiger charge is 2.33. The summed E-state index contributed by atoms with van der Waals surface area (Å²) in [5.74, 6) is 0.724. The van der Waals surface area contributed by atoms with Crippen LogP contribution < -0.4 is 5.32 Å². The second kappa shape index (κ2) is 8.51. The van der Waals surface area contributed by atoms with E-state index in [1.165, 1.54) is 16.4 Å². The van der Waals surface area contributed by atoms with E-state index in [4.69, 9.17) is 9.97 Å². The number of carbonyl (C=O) groups excluding carboxylic acids is 1. The summed E-state index contributed by atoms with van der Waals surface area (Å²) in [5, 5.41) is 3.11. The van der Waals surface area contributed by atoms with Crippen molar-refractivity contribution in [3.05, 3.63) is 47.2 Å². The first-order valence-electron chi connectivity index (χ1n) is 10.4. The van der Waals surface area contributed by atoms with Crippen molar-refractivity contribution in [3.63, 3.8) is 0 Å². The lowest BCUT2D eigenvalue weighted by atomic mass is 9.97. The maximum atomic E-state index is 13.2. The third kappa shape index (κ3) is 4.27. The first-order valence-corrected chi connectivity index (χ1v) is 11.8. The van der Waals surface area contributed by atoms with Crippen LogP contribution >= 0.6 is 0 Å². The van der Waals surface area contributed by atoms with E-state index in [0.717, 1.165) is 29.8 Å². The number of piperidine rings is 1. The molecule has 0 aliphatic carbocycles. The molecule has 1 saturated heterocycles. The number of hydrogen-bond acceptors (Lipinski definition) is 6. The molecule has 1 fully saturated rings. The lowest BCUT2D eigenvalue weighted by Gasteiger charge is -2.33. The van der Waals surface area contributed by atoms with E-state index in [9.17, 15) is 17.6 Å². The van der Waals surface area contributed by atoms with Crippen molar-refractivity contribution in [3.8, 4) is 0 Å². The third-order valence-corrected chi connectivity index (χ3v) is 7.84. The number of anilines is 1. The maximum Gasteiger partial charge on any atom is 0.243 e. The fourth-order valence-electron chi connectivity index (χ4n) is 4.22. The average Bonchev–Trinajstić information content (AvgIpc) is 2.78. The minimum Gasteiger partial charge on any atom is -0.373 e. The third-order valence-electron chi connectivity index (χ3n) is 5.96. The van der Waals surface area contributed by atoms with Gasteiger partial charge < -0.3 is 10.2 Å². The molecule has 8 nitrogen and oxygen atoms in total. The first-order chi connectivity index (χ1) is 14.8. The zero-order chi connectivity index (χ0) is 22.2. The van der Waals surface area contributed by atoms with Crippen molar-refractivity contribution in [2.75, 3.05) is 32.0 Å². The van der Waals surface area contributed by atoms with Crippen LogP contribution in [-0.2, 0) is 27.8 Å². The topological polar surface area (TPSA) is 95.5 Å². The van der Waals surface area contributed by atoms with Crippen LogP contribution in [0.15, 0.2) is 29.2 Å². The Bertz CT molecular complexity index is 1070. The maximum absolute atomic E-state index is 13.2. The van der Waals surface area contributed by atoms with Gasteiger partial charge in [0.25, 0.3) is 0 Å². The molecule has 4 rings (SSSR count). The predicted molar refractivity (Wildman–Crippen MR) is 114 cm³/mol. The van der Waals surface area contributed by atoms with Crippen molar-refractivity contribution < 1.29 is 17.6 Å². The number of aromatic nitrogens is 2. The highest BCUT2D eigenvalue weighted by Crippen LogP contribution is 2.32. The second-order valence-electron chi connectivity index (χ2n) is 7.95. The second-order valence-corrected chi connectivity index (χ2v) is 9.89. The lowest BCUT2D eigenvalue weighted by molar-refractivity contribution is -0.129. The Balaban J connectivity index is 1.60. The molecule has 0 bridgehead atoms. The molecule has 2 aliphatic rings. The van der Waals surface area contributed by atoms with Crippen molar-refractivity contribution in [2.24, 2.45) is 0 Å². The summed E-state index contributed by atoms with van der Waals surface area (Å²) in [6, 6.07) is 4.90. The van der Waals surface area contributed by atoms with Gasteiger partial charge in [0.05, 0.1) is 17.1 Å². The van der Waals surface area contributed by atoms with Crippen LogP contribution in [0.25, 0.3) is 0 Å². The van der Waals surface area contributed by atoms with E-state index in [1.54, 1.807) is 18.9 Å². The van der Waals surface area contributed by atoms with Gasteiger partial charge in [-0.15, -0.1) is 0 Å². The molecular weight excluding hydrogens is 421 g/mol. The highest BCUT2D eigenvalue weighted by molar-refractivity contribution is 7.89. The summed E-state index contributed by atoms with van der Waals surface area (Å²) in [6.45, 7) is 3.32. The molecule has 3 heterocycles. The molecule has 0 spiro atoms. The van der Waals surface area contributed by atoms with Gasteiger partial charge in [0.2, 0.25) is 15.9 Å². The van der Waals surface area contributed by atoms with Crippen molar-refractivity contribution in [2.45, 2.75) is 43.5 Å². The monoisotopic (exact) mass is 447 g/mol. The number of carbonyl (C=O) groups is 1. The van der Waals surface area contributed by atoms with Crippen LogP contribution in [-0.4, -0.2) is 60.2 Å². The summed E-state index contributed by atoms with van der Waals surface area (Å²) in [5.41, 5.74) is 1.82. The van der Waals surface area contributed by atoms with Gasteiger partial charge in [-0.3, -0.25) is 4.79 Å². The molecule has 2 aromatic rings. The molecule has 0 radical (unpaired) electrons. The van der Waals surface area contributed by atoms with E-state index in [0.29, 0.717) is 44.1 Å². The Morgan fingerprint density at radius 1 is 1.19 bits per heavy atom. The van der Waals surface area contributed by atoms with E-state index in [-0.39, 0.29) is 23.3 Å². The molecule has 10 heteroatoms. The van der Waals surface area contributed by atoms with Crippen LogP contribution in [0.1, 0.15) is 42.8 Å². The quantitative estimate of drug-likeness (QED) is 0.772. The largest absolute Gasteiger partial charge is 0.373 e. The number of rotatable bonds is 4. The van der Waals surface area contributed by atoms with Crippen LogP contribution in [0.2, 0.25) is 0 Å². The molecule has 1 N–H and O–H groups in total. The molecule has 1 atom stereocenters. The van der Waals surface area contributed by atoms with E-state index < -0.39 is 15.8 Å². The summed E-state index contributed by atoms with van der Waals surface area (Å²) in [7, 11) is -1.94. The van der Waals surface area contributed by atoms with Crippen molar-refractivity contribution in [1.29, 1.82) is 0 Å². The predicted octanol–water partition coefficient (Wildman–Crippen LogP) is 2.13. The average molecular weight is 448 g/mol. The van der Waals surface area contributed by atoms with Gasteiger partial charge in [-0.2, -0.15) is 4.31 Å². The fourth-order valence-corrected chi connectivity index (χ4v) is 5.74. The number of amides is 1. The van der Waals surface area contributed by atoms with Gasteiger partial charge in [0.1, 0.15) is 17.5 Å². The van der Waals surface area contributed by atoms with Gasteiger partial charge in [-0.25, -0.2) is 22.8 Å². The Morgan fingerprint density at radius 2 is 1.94 bits per heavy atom. The van der Waals surface area contributed by atoms with Gasteiger partial charge in [0.15, 0.2) is 0 Å². The SMILES string of the molecule is CNc1nc(C2CCCN(S(=O)(=O)c3ccc(F)cc3)C2)nc2c1CN(C(C)=O)CC2. The zero-order valence-corrected chi connectivity index (χ0v) is 18.5. The number of halogens is 1. The summed E-state index contributed by atoms with van der Waals surface area (Å²) in [4.78, 5) is 23.1. The molecule has 2 aliphatic heterocycles. The van der Waals surface area contributed by atoms with E-state index >= 15 is 0 Å². The van der Waals surface area contributed by atoms with Gasteiger partial charge >= 0.3 is 0 Å². The Labute approximate surface area is 181 Å². The molecule has 1 unspecified atom stereocenters. The lowest BCUT2D eigenvalue weighted by Crippen LogP contribution is -2.40. The summed E-state index contributed by atoms with van der Waals surface area (Å²) >= 11 is 0. The van der Waals surface area contributed by atoms with Crippen LogP contribution in [0.3, 0.4) is 0 Å². The highest BCUT2D eigenvalue weighted by atomic mass is 32.2. The Morgan fingerprint density at radius 3 is 2.61 bits per heavy atom. The molecule has 31 heavy (non-hydrogen) atoms. The smallest absolute Gasteiger partial charge is 0.243 e. The standard InChI is InChI=1S/C21H26FN5O3S/c1-14(28)26-11-9-19-18(13-26)21(23-2)25-20(24-19)15-4-3-10-27(12-15)31(29,30)17-7-5-16(22)6-8-17/h5-8,15H,3-4,9-13H2,1-2H3,(H,23,24,25). The molecule has 166 valence electrons. The normalized spacial score (nSPS) is 19.7. The number of nitrogens with one attached hydrogen (secondary N) is 1. The minimum atomic E-state index is -3.72. The van der Waals surface area contributed by atoms with Crippen molar-refractivity contribution in [1.82, 2.24) is 19.2 Å². The Kier molecular flexibility index (Phi) is 5.94. The van der Waals surface area contributed by atoms with E-state index in [1.807, 2.05) is 0 Å². The molecule has 1 aromatic carbocycles. The summed E-state index contributed by atoms with van der Waals surface area (Å²) in [6.07, 6.45) is 2.12. The number of nitrogens with zero attached hydrogens (tertiary/aromatic N) is 4. The summed E-state index contributed by atoms with van der Waals surface area (Å²) < 4.78 is 40.8. The van der Waals surface area contributed by atoms with E-state index in [2.05, 4.69) is 5.32 Å². The van der Waals surface area contributed by atoms with Crippen LogP contribution in [0, 0.1) is 5.82 Å². The number of hydrogen-bond donors (Lipinski definition) is 1. The molecule has 1 aromatic heterocycles. The number of fused-ring (bicyclic) bond motifs is 1. The minimum absolute atomic E-state index is 0.0192. The molecular formula is C21H26FN5O3S. The Hall–Kier alpha value is -2.59. The number of benzene rings is 1.